The highest BCUT2D eigenvalue weighted by Crippen LogP contribution is 2.37. The van der Waals surface area contributed by atoms with Gasteiger partial charge in [0.05, 0.1) is 5.39 Å². The maximum Gasteiger partial charge on any atom is 0.325 e. The Morgan fingerprint density at radius 2 is 2.09 bits per heavy atom. The number of rotatable bonds is 5. The zero-order chi connectivity index (χ0) is 15.7. The molecule has 1 saturated heterocycles. The van der Waals surface area contributed by atoms with Crippen molar-refractivity contribution in [3.8, 4) is 0 Å². The summed E-state index contributed by atoms with van der Waals surface area (Å²) >= 11 is 0. The van der Waals surface area contributed by atoms with Gasteiger partial charge in [-0.2, -0.15) is 0 Å². The van der Waals surface area contributed by atoms with E-state index >= 15 is 0 Å². The van der Waals surface area contributed by atoms with Crippen LogP contribution < -0.4 is 10.5 Å². The molecule has 2 aromatic heterocycles. The van der Waals surface area contributed by atoms with Gasteiger partial charge in [-0.1, -0.05) is 0 Å². The van der Waals surface area contributed by atoms with Crippen molar-refractivity contribution < 1.29 is 14.4 Å². The van der Waals surface area contributed by atoms with E-state index in [1.54, 1.807) is 6.07 Å². The maximum absolute atomic E-state index is 11.3. The van der Waals surface area contributed by atoms with Gasteiger partial charge < -0.3 is 19.7 Å². The Morgan fingerprint density at radius 3 is 2.82 bits per heavy atom. The van der Waals surface area contributed by atoms with Crippen molar-refractivity contribution in [1.29, 1.82) is 0 Å². The number of fused-ring (bicyclic) bond motifs is 1. The first-order valence-corrected chi connectivity index (χ1v) is 8.86. The van der Waals surface area contributed by atoms with Gasteiger partial charge >= 0.3 is 7.60 Å². The van der Waals surface area contributed by atoms with Gasteiger partial charge in [0.25, 0.3) is 0 Å². The molecule has 0 aromatic carbocycles. The first-order chi connectivity index (χ1) is 10.4. The summed E-state index contributed by atoms with van der Waals surface area (Å²) in [6, 6.07) is 3.16. The summed E-state index contributed by atoms with van der Waals surface area (Å²) in [4.78, 5) is 42.1. The zero-order valence-electron chi connectivity index (χ0n) is 11.8. The van der Waals surface area contributed by atoms with Crippen molar-refractivity contribution in [2.75, 3.05) is 24.2 Å². The Balaban J connectivity index is 1.63. The Hall–Kier alpha value is -1.76. The van der Waals surface area contributed by atoms with Gasteiger partial charge in [0, 0.05) is 25.3 Å². The average molecular weight is 324 g/mol. The van der Waals surface area contributed by atoms with E-state index in [1.807, 2.05) is 0 Å². The summed E-state index contributed by atoms with van der Waals surface area (Å²) < 4.78 is 10.8. The highest BCUT2D eigenvalue weighted by atomic mass is 31.2. The Kier molecular flexibility index (Phi) is 3.99. The molecule has 0 spiro atoms. The predicted molar refractivity (Wildman–Crippen MR) is 82.0 cm³/mol. The van der Waals surface area contributed by atoms with E-state index < -0.39 is 7.60 Å². The lowest BCUT2D eigenvalue weighted by molar-refractivity contribution is 0.354. The second-order valence-corrected chi connectivity index (χ2v) is 7.36. The van der Waals surface area contributed by atoms with Crippen LogP contribution in [0.15, 0.2) is 23.3 Å². The van der Waals surface area contributed by atoms with E-state index in [9.17, 15) is 9.36 Å². The first-order valence-electron chi connectivity index (χ1n) is 7.06. The van der Waals surface area contributed by atoms with Gasteiger partial charge in [0.2, 0.25) is 5.56 Å². The van der Waals surface area contributed by atoms with Gasteiger partial charge in [-0.25, -0.2) is 9.97 Å². The predicted octanol–water partition coefficient (Wildman–Crippen LogP) is 0.712. The lowest BCUT2D eigenvalue weighted by Gasteiger charge is -2.40. The minimum absolute atomic E-state index is 0.0544. The number of pyridine rings is 1. The number of hydrogen-bond acceptors (Lipinski definition) is 5. The Morgan fingerprint density at radius 1 is 1.32 bits per heavy atom. The molecule has 3 heterocycles. The van der Waals surface area contributed by atoms with Crippen molar-refractivity contribution in [2.24, 2.45) is 5.92 Å². The molecular formula is C13H17N4O4P. The molecule has 0 bridgehead atoms. The van der Waals surface area contributed by atoms with Crippen LogP contribution in [-0.4, -0.2) is 44.0 Å². The minimum Gasteiger partial charge on any atom is -0.355 e. The third-order valence-corrected chi connectivity index (χ3v) is 4.72. The summed E-state index contributed by atoms with van der Waals surface area (Å²) in [5.74, 6) is 1.20. The van der Waals surface area contributed by atoms with Crippen LogP contribution in [0.5, 0.6) is 0 Å². The summed E-state index contributed by atoms with van der Waals surface area (Å²) in [5.41, 5.74) is 0.318. The fraction of sp³-hybridized carbons (Fsp3) is 0.462. The molecule has 0 aliphatic carbocycles. The fourth-order valence-corrected chi connectivity index (χ4v) is 3.31. The summed E-state index contributed by atoms with van der Waals surface area (Å²) in [7, 11) is -3.89. The fourth-order valence-electron chi connectivity index (χ4n) is 2.72. The van der Waals surface area contributed by atoms with Crippen LogP contribution in [-0.2, 0) is 4.57 Å². The highest BCUT2D eigenvalue weighted by Gasteiger charge is 2.29. The molecule has 0 saturated carbocycles. The quantitative estimate of drug-likeness (QED) is 0.693. The number of anilines is 1. The average Bonchev–Trinajstić information content (AvgIpc) is 2.39. The number of aromatic nitrogens is 3. The minimum atomic E-state index is -3.89. The largest absolute Gasteiger partial charge is 0.355 e. The van der Waals surface area contributed by atoms with Crippen molar-refractivity contribution in [3.63, 3.8) is 0 Å². The molecule has 0 atom stereocenters. The van der Waals surface area contributed by atoms with Crippen LogP contribution >= 0.6 is 7.60 Å². The third-order valence-electron chi connectivity index (χ3n) is 3.82. The maximum atomic E-state index is 11.3. The van der Waals surface area contributed by atoms with E-state index in [0.29, 0.717) is 18.0 Å². The molecule has 3 N–H and O–H groups in total. The van der Waals surface area contributed by atoms with Gasteiger partial charge in [-0.3, -0.25) is 9.36 Å². The van der Waals surface area contributed by atoms with E-state index in [2.05, 4.69) is 19.9 Å². The molecule has 0 unspecified atom stereocenters. The topological polar surface area (TPSA) is 119 Å². The standard InChI is InChI=1S/C13H17N4O4P/c18-11-4-3-10-12(16-11)14-8-15-13(10)17-6-9(7-17)2-1-5-22(19,20)21/h3-4,8-9H,1-2,5-7H2,(H2,19,20,21)(H,14,15,16,18). The van der Waals surface area contributed by atoms with Crippen molar-refractivity contribution in [2.45, 2.75) is 12.8 Å². The van der Waals surface area contributed by atoms with Gasteiger partial charge in [-0.15, -0.1) is 0 Å². The lowest BCUT2D eigenvalue weighted by atomic mass is 9.95. The number of hydrogen-bond donors (Lipinski definition) is 3. The molecule has 1 aliphatic heterocycles. The van der Waals surface area contributed by atoms with Crippen molar-refractivity contribution >= 4 is 24.4 Å². The number of H-pyrrole nitrogens is 1. The molecule has 0 amide bonds. The smallest absolute Gasteiger partial charge is 0.325 e. The molecule has 2 aromatic rings. The van der Waals surface area contributed by atoms with Crippen LogP contribution in [0.4, 0.5) is 5.82 Å². The highest BCUT2D eigenvalue weighted by molar-refractivity contribution is 7.51. The zero-order valence-corrected chi connectivity index (χ0v) is 12.7. The second-order valence-electron chi connectivity index (χ2n) is 5.58. The molecular weight excluding hydrogens is 307 g/mol. The Bertz CT molecular complexity index is 781. The number of nitrogens with one attached hydrogen (secondary N) is 1. The molecule has 22 heavy (non-hydrogen) atoms. The molecule has 3 rings (SSSR count). The van der Waals surface area contributed by atoms with E-state index in [0.717, 1.165) is 30.7 Å². The van der Waals surface area contributed by atoms with E-state index in [-0.39, 0.29) is 11.7 Å². The molecule has 9 heteroatoms. The number of nitrogens with zero attached hydrogens (tertiary/aromatic N) is 3. The molecule has 1 aliphatic rings. The van der Waals surface area contributed by atoms with Crippen molar-refractivity contribution in [1.82, 2.24) is 15.0 Å². The van der Waals surface area contributed by atoms with Crippen LogP contribution in [0, 0.1) is 5.92 Å². The molecule has 1 fully saturated rings. The molecule has 118 valence electrons. The van der Waals surface area contributed by atoms with Gasteiger partial charge in [-0.05, 0) is 24.8 Å². The second kappa shape index (κ2) is 5.79. The van der Waals surface area contributed by atoms with Crippen molar-refractivity contribution in [3.05, 3.63) is 28.8 Å². The Labute approximate surface area is 126 Å². The number of aromatic amines is 1. The summed E-state index contributed by atoms with van der Waals surface area (Å²) in [5, 5.41) is 0.802. The van der Waals surface area contributed by atoms with Gasteiger partial charge in [0.1, 0.15) is 17.8 Å². The third kappa shape index (κ3) is 3.35. The monoisotopic (exact) mass is 324 g/mol. The van der Waals surface area contributed by atoms with E-state index in [1.165, 1.54) is 12.4 Å². The molecule has 8 nitrogen and oxygen atoms in total. The SMILES string of the molecule is O=c1ccc2c(N3CC(CCCP(=O)(O)O)C3)ncnc2[nH]1. The summed E-state index contributed by atoms with van der Waals surface area (Å²) in [6.07, 6.45) is 2.69. The first kappa shape index (κ1) is 15.1. The molecule has 0 radical (unpaired) electrons. The summed E-state index contributed by atoms with van der Waals surface area (Å²) in [6.45, 7) is 1.60. The lowest BCUT2D eigenvalue weighted by Crippen LogP contribution is -2.47. The van der Waals surface area contributed by atoms with E-state index in [4.69, 9.17) is 9.79 Å². The van der Waals surface area contributed by atoms with Crippen LogP contribution in [0.25, 0.3) is 11.0 Å². The normalized spacial score (nSPS) is 16.0. The van der Waals surface area contributed by atoms with Crippen LogP contribution in [0.2, 0.25) is 0 Å². The van der Waals surface area contributed by atoms with Crippen LogP contribution in [0.1, 0.15) is 12.8 Å². The van der Waals surface area contributed by atoms with Gasteiger partial charge in [0.15, 0.2) is 0 Å². The van der Waals surface area contributed by atoms with Crippen LogP contribution in [0.3, 0.4) is 0 Å².